The van der Waals surface area contributed by atoms with Gasteiger partial charge in [-0.2, -0.15) is 0 Å². The molecule has 18 heavy (non-hydrogen) atoms. The summed E-state index contributed by atoms with van der Waals surface area (Å²) < 4.78 is 0. The van der Waals surface area contributed by atoms with Crippen molar-refractivity contribution in [2.75, 3.05) is 14.1 Å². The average molecular weight is 245 g/mol. The van der Waals surface area contributed by atoms with Gasteiger partial charge in [-0.15, -0.1) is 0 Å². The summed E-state index contributed by atoms with van der Waals surface area (Å²) >= 11 is 0. The van der Waals surface area contributed by atoms with Gasteiger partial charge in [-0.05, 0) is 31.0 Å². The summed E-state index contributed by atoms with van der Waals surface area (Å²) in [5, 5.41) is 0. The van der Waals surface area contributed by atoms with E-state index < -0.39 is 0 Å². The molecule has 0 spiro atoms. The largest absolute Gasteiger partial charge is 0.382 e. The highest BCUT2D eigenvalue weighted by Gasteiger charge is 2.09. The summed E-state index contributed by atoms with van der Waals surface area (Å²) in [5.41, 5.74) is 15.1. The molecule has 0 unspecified atom stereocenters. The molecule has 0 aliphatic heterocycles. The van der Waals surface area contributed by atoms with Crippen LogP contribution >= 0.6 is 0 Å². The number of aliphatic imine (C=N–C) groups is 3. The van der Waals surface area contributed by atoms with E-state index in [1.165, 1.54) is 0 Å². The highest BCUT2D eigenvalue weighted by atomic mass is 15.0. The lowest BCUT2D eigenvalue weighted by Crippen LogP contribution is -2.36. The van der Waals surface area contributed by atoms with Gasteiger partial charge in [0.25, 0.3) is 0 Å². The summed E-state index contributed by atoms with van der Waals surface area (Å²) in [5.74, 6) is 0.554. The molecule has 0 bridgehead atoms. The number of hydrogen-bond donors (Lipinski definition) is 2. The van der Waals surface area contributed by atoms with E-state index in [1.54, 1.807) is 14.1 Å². The minimum Gasteiger partial charge on any atom is -0.382 e. The van der Waals surface area contributed by atoms with Crippen LogP contribution < -0.4 is 11.5 Å². The monoisotopic (exact) mass is 245 g/mol. The average Bonchev–Trinajstić information content (AvgIpc) is 2.35. The maximum Gasteiger partial charge on any atom is 0.153 e. The quantitative estimate of drug-likeness (QED) is 0.621. The van der Waals surface area contributed by atoms with Crippen molar-refractivity contribution < 1.29 is 0 Å². The van der Waals surface area contributed by atoms with Crippen LogP contribution in [0.5, 0.6) is 0 Å². The minimum atomic E-state index is 0.272. The van der Waals surface area contributed by atoms with Gasteiger partial charge in [0.15, 0.2) is 5.84 Å². The van der Waals surface area contributed by atoms with Gasteiger partial charge >= 0.3 is 0 Å². The van der Waals surface area contributed by atoms with Crippen LogP contribution in [0.2, 0.25) is 0 Å². The van der Waals surface area contributed by atoms with Crippen LogP contribution in [0.25, 0.3) is 0 Å². The van der Waals surface area contributed by atoms with Gasteiger partial charge in [0, 0.05) is 14.1 Å². The third-order valence-electron chi connectivity index (χ3n) is 2.77. The third-order valence-corrected chi connectivity index (χ3v) is 2.77. The van der Waals surface area contributed by atoms with Gasteiger partial charge < -0.3 is 11.5 Å². The van der Waals surface area contributed by atoms with E-state index in [4.69, 9.17) is 11.5 Å². The molecule has 0 radical (unpaired) electrons. The van der Waals surface area contributed by atoms with E-state index in [-0.39, 0.29) is 11.7 Å². The zero-order valence-corrected chi connectivity index (χ0v) is 11.2. The van der Waals surface area contributed by atoms with Crippen molar-refractivity contribution in [3.05, 3.63) is 29.3 Å². The lowest BCUT2D eigenvalue weighted by atomic mass is 10.1. The Kier molecular flexibility index (Phi) is 4.59. The van der Waals surface area contributed by atoms with Gasteiger partial charge in [0.2, 0.25) is 0 Å². The SMILES string of the molecule is CN=C(N)C(=NC)C(N)=Nc1cccc(C)c1C. The standard InChI is InChI=1S/C13H19N5/c1-8-6-5-7-10(9(8)2)18-13(15)11(16-3)12(14)17-4/h5-7H,1-4H3,(H2,14,17)(H2,15,18). The van der Waals surface area contributed by atoms with E-state index >= 15 is 0 Å². The Bertz CT molecular complexity index is 526. The second kappa shape index (κ2) is 5.95. The van der Waals surface area contributed by atoms with Crippen molar-refractivity contribution in [1.82, 2.24) is 0 Å². The molecule has 1 rings (SSSR count). The molecule has 5 heteroatoms. The fourth-order valence-corrected chi connectivity index (χ4v) is 1.51. The van der Waals surface area contributed by atoms with Crippen molar-refractivity contribution in [2.24, 2.45) is 26.4 Å². The molecule has 0 aliphatic carbocycles. The predicted octanol–water partition coefficient (Wildman–Crippen LogP) is 1.35. The van der Waals surface area contributed by atoms with Crippen LogP contribution in [0.15, 0.2) is 33.2 Å². The van der Waals surface area contributed by atoms with Crippen LogP contribution in [0.4, 0.5) is 5.69 Å². The van der Waals surface area contributed by atoms with E-state index in [0.717, 1.165) is 16.8 Å². The first-order valence-electron chi connectivity index (χ1n) is 5.61. The molecule has 0 aromatic heterocycles. The van der Waals surface area contributed by atoms with E-state index in [9.17, 15) is 0 Å². The highest BCUT2D eigenvalue weighted by molar-refractivity contribution is 6.67. The van der Waals surface area contributed by atoms with Gasteiger partial charge in [-0.1, -0.05) is 12.1 Å². The maximum absolute atomic E-state index is 5.91. The Balaban J connectivity index is 3.21. The van der Waals surface area contributed by atoms with Crippen LogP contribution in [-0.2, 0) is 0 Å². The predicted molar refractivity (Wildman–Crippen MR) is 78.1 cm³/mol. The molecular weight excluding hydrogens is 226 g/mol. The summed E-state index contributed by atoms with van der Waals surface area (Å²) in [4.78, 5) is 12.2. The Morgan fingerprint density at radius 1 is 1.00 bits per heavy atom. The maximum atomic E-state index is 5.91. The van der Waals surface area contributed by atoms with Crippen molar-refractivity contribution in [3.63, 3.8) is 0 Å². The molecular formula is C13H19N5. The zero-order valence-electron chi connectivity index (χ0n) is 11.2. The van der Waals surface area contributed by atoms with Gasteiger partial charge in [-0.25, -0.2) is 4.99 Å². The molecule has 5 nitrogen and oxygen atoms in total. The molecule has 0 heterocycles. The van der Waals surface area contributed by atoms with Gasteiger partial charge in [0.05, 0.1) is 5.69 Å². The normalized spacial score (nSPS) is 13.9. The summed E-state index contributed by atoms with van der Waals surface area (Å²) in [7, 11) is 3.20. The number of aryl methyl sites for hydroxylation is 1. The topological polar surface area (TPSA) is 89.1 Å². The Morgan fingerprint density at radius 3 is 2.22 bits per heavy atom. The van der Waals surface area contributed by atoms with Gasteiger partial charge in [0.1, 0.15) is 11.5 Å². The molecule has 0 saturated carbocycles. The van der Waals surface area contributed by atoms with Crippen LogP contribution in [-0.4, -0.2) is 31.5 Å². The van der Waals surface area contributed by atoms with Gasteiger partial charge in [-0.3, -0.25) is 9.98 Å². The first-order chi connectivity index (χ1) is 8.51. The van der Waals surface area contributed by atoms with Crippen LogP contribution in [0, 0.1) is 13.8 Å². The number of nitrogens with zero attached hydrogens (tertiary/aromatic N) is 3. The fourth-order valence-electron chi connectivity index (χ4n) is 1.51. The number of amidine groups is 2. The number of benzene rings is 1. The van der Waals surface area contributed by atoms with E-state index in [2.05, 4.69) is 15.0 Å². The summed E-state index contributed by atoms with van der Waals surface area (Å²) in [6.07, 6.45) is 0. The Labute approximate surface area is 107 Å². The molecule has 0 fully saturated rings. The van der Waals surface area contributed by atoms with E-state index in [1.807, 2.05) is 32.0 Å². The molecule has 1 aromatic rings. The molecule has 1 aromatic carbocycles. The van der Waals surface area contributed by atoms with Crippen molar-refractivity contribution >= 4 is 23.1 Å². The second-order valence-electron chi connectivity index (χ2n) is 3.90. The van der Waals surface area contributed by atoms with Crippen molar-refractivity contribution in [3.8, 4) is 0 Å². The van der Waals surface area contributed by atoms with Crippen molar-refractivity contribution in [1.29, 1.82) is 0 Å². The zero-order chi connectivity index (χ0) is 13.7. The molecule has 0 amide bonds. The first kappa shape index (κ1) is 13.9. The minimum absolute atomic E-state index is 0.272. The highest BCUT2D eigenvalue weighted by Crippen LogP contribution is 2.21. The summed E-state index contributed by atoms with van der Waals surface area (Å²) in [6, 6.07) is 5.87. The van der Waals surface area contributed by atoms with Crippen LogP contribution in [0.1, 0.15) is 11.1 Å². The third kappa shape index (κ3) is 2.94. The lowest BCUT2D eigenvalue weighted by Gasteiger charge is -2.07. The molecule has 4 N–H and O–H groups in total. The number of rotatable bonds is 3. The summed E-state index contributed by atoms with van der Waals surface area (Å²) in [6.45, 7) is 4.03. The van der Waals surface area contributed by atoms with Crippen LogP contribution in [0.3, 0.4) is 0 Å². The molecule has 0 aliphatic rings. The molecule has 0 saturated heterocycles. The second-order valence-corrected chi connectivity index (χ2v) is 3.90. The molecule has 96 valence electrons. The molecule has 0 atom stereocenters. The van der Waals surface area contributed by atoms with Crippen molar-refractivity contribution in [2.45, 2.75) is 13.8 Å². The number of hydrogen-bond acceptors (Lipinski definition) is 3. The first-order valence-corrected chi connectivity index (χ1v) is 5.61. The Morgan fingerprint density at radius 2 is 1.67 bits per heavy atom. The fraction of sp³-hybridized carbons (Fsp3) is 0.308. The Hall–Kier alpha value is -2.17. The lowest BCUT2D eigenvalue weighted by molar-refractivity contribution is 1.31. The van der Waals surface area contributed by atoms with E-state index in [0.29, 0.717) is 5.71 Å². The number of nitrogens with two attached hydrogens (primary N) is 2. The smallest absolute Gasteiger partial charge is 0.153 e.